The standard InChI is InChI=1S/C106H76N6/c1-41-19-59-67(27-49(41)9)87-68-28-50(10)42(2)20-60(68)83(59)81-57(39-107)35-77-93(97(81)87)101-103-95-79(37-75(109-17)91-85-63-23-45(5)53(13)31-71(63)89(99(91)95)72-32-54(14)46(6)24-64(72)85)112-80-38-76(110-18)92-86-65-25-47(7)55(15)33-73(65)90(74-34-56(16)48(8)26-66(74)86)100(92)96(80)104(106(103)112)102-94-78(111(77)105(101)102)36-58(40-108)82-84-61-21-43(3)51(11)29-69(61)88(98(82)94)70-30-52(12)44(4)22-62(70)84/h19-38,83-90H,1-16H3. The van der Waals surface area contributed by atoms with Crippen molar-refractivity contribution in [2.45, 2.75) is 158 Å². The maximum absolute atomic E-state index is 12.5. The maximum Gasteiger partial charge on any atom is 0.193 e. The average Bonchev–Trinajstić information content (AvgIpc) is 1.46. The van der Waals surface area contributed by atoms with Crippen molar-refractivity contribution in [1.82, 2.24) is 8.80 Å². The molecule has 0 atom stereocenters. The predicted octanol–water partition coefficient (Wildman–Crippen LogP) is 25.7. The largest absolute Gasteiger partial charge is 0.310 e. The molecule has 0 aliphatic heterocycles. The van der Waals surface area contributed by atoms with E-state index < -0.39 is 0 Å². The van der Waals surface area contributed by atoms with Crippen molar-refractivity contribution in [2.75, 3.05) is 0 Å². The molecule has 6 nitrogen and oxygen atoms in total. The van der Waals surface area contributed by atoms with E-state index in [1.165, 1.54) is 200 Å². The minimum Gasteiger partial charge on any atom is -0.310 e. The monoisotopic (exact) mass is 1430 g/mol. The van der Waals surface area contributed by atoms with E-state index in [4.69, 9.17) is 9.69 Å². The van der Waals surface area contributed by atoms with Gasteiger partial charge < -0.3 is 8.80 Å². The topological polar surface area (TPSA) is 65.1 Å². The van der Waals surface area contributed by atoms with Crippen molar-refractivity contribution in [3.8, 4) is 12.1 Å². The van der Waals surface area contributed by atoms with E-state index in [1.807, 2.05) is 0 Å². The van der Waals surface area contributed by atoms with Crippen molar-refractivity contribution >= 4 is 87.6 Å². The van der Waals surface area contributed by atoms with E-state index in [0.717, 1.165) is 98.4 Å². The molecule has 6 heteroatoms. The Kier molecular flexibility index (Phi) is 11.4. The van der Waals surface area contributed by atoms with Crippen LogP contribution in [0.3, 0.4) is 0 Å². The van der Waals surface area contributed by atoms with Gasteiger partial charge in [-0.25, -0.2) is 9.69 Å². The molecule has 8 bridgehead atoms. The molecule has 4 heterocycles. The third kappa shape index (κ3) is 6.86. The minimum atomic E-state index is -0.246. The lowest BCUT2D eigenvalue weighted by Gasteiger charge is -2.44. The smallest absolute Gasteiger partial charge is 0.193 e. The summed E-state index contributed by atoms with van der Waals surface area (Å²) in [5.41, 5.74) is 58.6. The van der Waals surface area contributed by atoms with Crippen molar-refractivity contribution in [3.63, 3.8) is 0 Å². The second-order valence-corrected chi connectivity index (χ2v) is 35.8. The van der Waals surface area contributed by atoms with Crippen LogP contribution in [0.15, 0.2) is 121 Å². The summed E-state index contributed by atoms with van der Waals surface area (Å²) in [6.07, 6.45) is 0. The van der Waals surface area contributed by atoms with Crippen molar-refractivity contribution < 1.29 is 0 Å². The molecular formula is C106H76N6. The second-order valence-electron chi connectivity index (χ2n) is 35.8. The first-order valence-corrected chi connectivity index (χ1v) is 40.2. The summed E-state index contributed by atoms with van der Waals surface area (Å²) in [6, 6.07) is 54.7. The Hall–Kier alpha value is -12.6. The van der Waals surface area contributed by atoms with Gasteiger partial charge in [-0.2, -0.15) is 10.5 Å². The van der Waals surface area contributed by atoms with Gasteiger partial charge in [0.15, 0.2) is 11.4 Å². The summed E-state index contributed by atoms with van der Waals surface area (Å²) in [7, 11) is 0. The number of hydrogen-bond acceptors (Lipinski definition) is 2. The van der Waals surface area contributed by atoms with Crippen molar-refractivity contribution in [2.24, 2.45) is 0 Å². The van der Waals surface area contributed by atoms with Crippen LogP contribution in [0.4, 0.5) is 11.4 Å². The van der Waals surface area contributed by atoms with Crippen LogP contribution in [0, 0.1) is 147 Å². The van der Waals surface area contributed by atoms with Gasteiger partial charge in [0, 0.05) is 101 Å². The Morgan fingerprint density at radius 2 is 0.384 bits per heavy atom. The quantitative estimate of drug-likeness (QED) is 0.142. The van der Waals surface area contributed by atoms with Gasteiger partial charge in [-0.1, -0.05) is 97.1 Å². The van der Waals surface area contributed by atoms with Crippen LogP contribution in [0.25, 0.3) is 85.9 Å². The zero-order chi connectivity index (χ0) is 76.2. The molecule has 12 aliphatic rings. The molecule has 12 aliphatic carbocycles. The molecule has 112 heavy (non-hydrogen) atoms. The van der Waals surface area contributed by atoms with E-state index >= 15 is 0 Å². The number of aromatic nitrogens is 2. The van der Waals surface area contributed by atoms with Gasteiger partial charge in [-0.15, -0.1) is 0 Å². The average molecular weight is 1430 g/mol. The molecule has 0 radical (unpaired) electrons. The fraction of sp³-hybridized carbons (Fsp3) is 0.226. The number of fused-ring (bicyclic) bond motifs is 14. The zero-order valence-electron chi connectivity index (χ0n) is 65.8. The molecule has 0 spiro atoms. The van der Waals surface area contributed by atoms with Gasteiger partial charge in [0.1, 0.15) is 0 Å². The van der Waals surface area contributed by atoms with Crippen LogP contribution in [0.5, 0.6) is 0 Å². The summed E-state index contributed by atoms with van der Waals surface area (Å²) >= 11 is 0. The van der Waals surface area contributed by atoms with E-state index in [1.54, 1.807) is 0 Å². The molecule has 0 saturated heterocycles. The number of nitrogens with zero attached hydrogens (tertiary/aromatic N) is 6. The van der Waals surface area contributed by atoms with Crippen LogP contribution in [-0.4, -0.2) is 8.80 Å². The van der Waals surface area contributed by atoms with Crippen molar-refractivity contribution in [3.05, 3.63) is 378 Å². The molecule has 0 saturated carbocycles. The Balaban J connectivity index is 0.990. The van der Waals surface area contributed by atoms with E-state index in [0.29, 0.717) is 22.5 Å². The Labute approximate surface area is 650 Å². The van der Waals surface area contributed by atoms with Crippen molar-refractivity contribution in [1.29, 1.82) is 10.5 Å². The van der Waals surface area contributed by atoms with Gasteiger partial charge in [0.25, 0.3) is 0 Å². The Morgan fingerprint density at radius 1 is 0.223 bits per heavy atom. The molecular weight excluding hydrogens is 1360 g/mol. The van der Waals surface area contributed by atoms with Crippen LogP contribution in [-0.2, 0) is 0 Å². The van der Waals surface area contributed by atoms with E-state index in [2.05, 4.69) is 253 Å². The highest BCUT2D eigenvalue weighted by atomic mass is 15.0. The molecule has 530 valence electrons. The van der Waals surface area contributed by atoms with Crippen LogP contribution in [0.2, 0.25) is 0 Å². The van der Waals surface area contributed by atoms with Gasteiger partial charge in [0.05, 0.1) is 58.5 Å². The van der Waals surface area contributed by atoms with E-state index in [-0.39, 0.29) is 47.3 Å². The van der Waals surface area contributed by atoms with E-state index in [9.17, 15) is 23.7 Å². The molecule has 0 amide bonds. The third-order valence-electron chi connectivity index (χ3n) is 30.7. The molecule has 4 aromatic heterocycles. The summed E-state index contributed by atoms with van der Waals surface area (Å²) < 4.78 is 5.22. The number of benzene rings is 13. The lowest BCUT2D eigenvalue weighted by Crippen LogP contribution is -2.29. The first kappa shape index (κ1) is 63.2. The molecule has 17 aromatic rings. The second kappa shape index (κ2) is 20.1. The lowest BCUT2D eigenvalue weighted by molar-refractivity contribution is 0.753. The fourth-order valence-electron chi connectivity index (χ4n) is 24.9. The Bertz CT molecular complexity index is 6750. The summed E-state index contributed by atoms with van der Waals surface area (Å²) in [5, 5.41) is 34.3. The van der Waals surface area contributed by atoms with Crippen LogP contribution < -0.4 is 0 Å². The van der Waals surface area contributed by atoms with Crippen LogP contribution >= 0.6 is 0 Å². The number of rotatable bonds is 0. The first-order chi connectivity index (χ1) is 54.0. The molecule has 13 aromatic carbocycles. The lowest BCUT2D eigenvalue weighted by atomic mass is 9.58. The van der Waals surface area contributed by atoms with Gasteiger partial charge in [-0.3, -0.25) is 0 Å². The SMILES string of the molecule is [C-]#[N+]c1cc2c(c3c1C1c4cc(C)c(C)cc4C3c3cc(C)c(C)cc31)c1c3c4c5c(c(C#N)cc4n4c6cc(C#N)c7c(c6c(c6c8c9c(c([N+]#[C-])cc8n2c16)C1c2cc(C)c(C)cc2C9c2cc(C)c(C)cc21)c34)C1c2cc(C)c(C)cc2C7c2cc(C)c(C)cc21)C1c2cc(C)c(C)cc2C5c2cc(C)c(C)cc21. The Morgan fingerprint density at radius 3 is 0.562 bits per heavy atom. The predicted molar refractivity (Wildman–Crippen MR) is 453 cm³/mol. The maximum atomic E-state index is 12.5. The number of aryl methyl sites for hydroxylation is 16. The highest BCUT2D eigenvalue weighted by Gasteiger charge is 2.53. The normalized spacial score (nSPS) is 19.4. The fourth-order valence-corrected chi connectivity index (χ4v) is 24.9. The van der Waals surface area contributed by atoms with Gasteiger partial charge in [-0.05, 0) is 358 Å². The summed E-state index contributed by atoms with van der Waals surface area (Å²) in [6.45, 7) is 55.8. The van der Waals surface area contributed by atoms with Gasteiger partial charge in [0.2, 0.25) is 0 Å². The highest BCUT2D eigenvalue weighted by Crippen LogP contribution is 2.70. The number of nitriles is 2. The molecule has 0 fully saturated rings. The molecule has 29 rings (SSSR count). The summed E-state index contributed by atoms with van der Waals surface area (Å²) in [5.74, 6) is -1.87. The molecule has 0 unspecified atom stereocenters. The minimum absolute atomic E-state index is 0.220. The highest BCUT2D eigenvalue weighted by molar-refractivity contribution is 6.47. The number of hydrogen-bond donors (Lipinski definition) is 0. The van der Waals surface area contributed by atoms with Crippen LogP contribution in [0.1, 0.15) is 281 Å². The zero-order valence-corrected chi connectivity index (χ0v) is 65.8. The molecule has 0 N–H and O–H groups in total. The third-order valence-corrected chi connectivity index (χ3v) is 30.7. The first-order valence-electron chi connectivity index (χ1n) is 40.2. The summed E-state index contributed by atoms with van der Waals surface area (Å²) in [4.78, 5) is 9.67. The van der Waals surface area contributed by atoms with Gasteiger partial charge >= 0.3 is 0 Å².